The molecule has 0 unspecified atom stereocenters. The number of carbonyl (C=O) groups is 1. The van der Waals surface area contributed by atoms with Gasteiger partial charge in [0, 0.05) is 37.1 Å². The molecule has 0 aliphatic carbocycles. The number of hydrogen-bond acceptors (Lipinski definition) is 4. The van der Waals surface area contributed by atoms with Crippen molar-refractivity contribution in [1.29, 1.82) is 0 Å². The van der Waals surface area contributed by atoms with E-state index in [1.54, 1.807) is 19.4 Å². The van der Waals surface area contributed by atoms with Crippen LogP contribution in [0.4, 0.5) is 4.39 Å². The van der Waals surface area contributed by atoms with E-state index in [4.69, 9.17) is 4.74 Å². The number of ether oxygens (including phenoxy) is 1. The van der Waals surface area contributed by atoms with E-state index in [1.165, 1.54) is 18.3 Å². The SMILES string of the molecule is COc1ccc(CN2CCc3c(ccnc3-c3cc(F)ccn3)C2=O)cc1. The number of methoxy groups -OCH3 is 1. The van der Waals surface area contributed by atoms with Crippen LogP contribution < -0.4 is 4.74 Å². The number of nitrogens with zero attached hydrogens (tertiary/aromatic N) is 3. The second kappa shape index (κ2) is 7.15. The molecule has 0 saturated heterocycles. The molecule has 3 heterocycles. The second-order valence-corrected chi connectivity index (χ2v) is 6.37. The summed E-state index contributed by atoms with van der Waals surface area (Å²) >= 11 is 0. The first-order chi connectivity index (χ1) is 13.2. The fraction of sp³-hybridized carbons (Fsp3) is 0.190. The van der Waals surface area contributed by atoms with Crippen LogP contribution in [0.15, 0.2) is 54.9 Å². The van der Waals surface area contributed by atoms with Crippen LogP contribution in [0.3, 0.4) is 0 Å². The third-order valence-electron chi connectivity index (χ3n) is 4.70. The predicted molar refractivity (Wildman–Crippen MR) is 98.9 cm³/mol. The molecule has 1 amide bonds. The van der Waals surface area contributed by atoms with Crippen LogP contribution in [-0.2, 0) is 13.0 Å². The first-order valence-electron chi connectivity index (χ1n) is 8.67. The molecule has 2 aromatic heterocycles. The summed E-state index contributed by atoms with van der Waals surface area (Å²) in [6, 6.07) is 12.0. The average molecular weight is 363 g/mol. The van der Waals surface area contributed by atoms with E-state index < -0.39 is 0 Å². The van der Waals surface area contributed by atoms with E-state index in [0.29, 0.717) is 36.5 Å². The van der Waals surface area contributed by atoms with Gasteiger partial charge in [-0.3, -0.25) is 14.8 Å². The van der Waals surface area contributed by atoms with Crippen LogP contribution in [0.2, 0.25) is 0 Å². The standard InChI is InChI=1S/C21H18FN3O2/c1-27-16-4-2-14(3-5-16)13-25-11-8-17-18(21(25)26)7-10-24-20(17)19-12-15(22)6-9-23-19/h2-7,9-10,12H,8,11,13H2,1H3. The predicted octanol–water partition coefficient (Wildman–Crippen LogP) is 3.49. The van der Waals surface area contributed by atoms with Gasteiger partial charge in [0.25, 0.3) is 5.91 Å². The van der Waals surface area contributed by atoms with Crippen molar-refractivity contribution in [2.24, 2.45) is 0 Å². The molecular formula is C21H18FN3O2. The summed E-state index contributed by atoms with van der Waals surface area (Å²) < 4.78 is 18.7. The van der Waals surface area contributed by atoms with Gasteiger partial charge >= 0.3 is 0 Å². The largest absolute Gasteiger partial charge is 0.497 e. The highest BCUT2D eigenvalue weighted by atomic mass is 19.1. The maximum absolute atomic E-state index is 13.6. The molecule has 0 bridgehead atoms. The lowest BCUT2D eigenvalue weighted by Gasteiger charge is -2.29. The van der Waals surface area contributed by atoms with Crippen LogP contribution in [0.5, 0.6) is 5.75 Å². The molecule has 4 rings (SSSR count). The Labute approximate surface area is 156 Å². The van der Waals surface area contributed by atoms with Gasteiger partial charge in [-0.2, -0.15) is 0 Å². The van der Waals surface area contributed by atoms with E-state index in [0.717, 1.165) is 16.9 Å². The molecule has 1 aromatic carbocycles. The Hall–Kier alpha value is -3.28. The number of benzene rings is 1. The quantitative estimate of drug-likeness (QED) is 0.712. The minimum absolute atomic E-state index is 0.0490. The van der Waals surface area contributed by atoms with Gasteiger partial charge in [0.2, 0.25) is 0 Å². The molecule has 136 valence electrons. The third kappa shape index (κ3) is 3.38. The van der Waals surface area contributed by atoms with E-state index >= 15 is 0 Å². The summed E-state index contributed by atoms with van der Waals surface area (Å²) in [5.74, 6) is 0.363. The summed E-state index contributed by atoms with van der Waals surface area (Å²) in [4.78, 5) is 23.3. The summed E-state index contributed by atoms with van der Waals surface area (Å²) in [6.45, 7) is 1.10. The molecule has 1 aliphatic heterocycles. The number of fused-ring (bicyclic) bond motifs is 1. The van der Waals surface area contributed by atoms with Gasteiger partial charge in [0.1, 0.15) is 11.6 Å². The molecule has 0 radical (unpaired) electrons. The smallest absolute Gasteiger partial charge is 0.254 e. The molecule has 3 aromatic rings. The first-order valence-corrected chi connectivity index (χ1v) is 8.67. The lowest BCUT2D eigenvalue weighted by atomic mass is 9.96. The number of halogens is 1. The van der Waals surface area contributed by atoms with E-state index in [9.17, 15) is 9.18 Å². The molecule has 0 N–H and O–H groups in total. The topological polar surface area (TPSA) is 55.3 Å². The van der Waals surface area contributed by atoms with Gasteiger partial charge in [0.05, 0.1) is 18.5 Å². The van der Waals surface area contributed by atoms with Crippen molar-refractivity contribution < 1.29 is 13.9 Å². The summed E-state index contributed by atoms with van der Waals surface area (Å²) in [5, 5.41) is 0. The van der Waals surface area contributed by atoms with Crippen LogP contribution >= 0.6 is 0 Å². The van der Waals surface area contributed by atoms with Crippen molar-refractivity contribution in [1.82, 2.24) is 14.9 Å². The lowest BCUT2D eigenvalue weighted by molar-refractivity contribution is 0.0727. The third-order valence-corrected chi connectivity index (χ3v) is 4.70. The average Bonchev–Trinajstić information content (AvgIpc) is 2.70. The summed E-state index contributed by atoms with van der Waals surface area (Å²) in [7, 11) is 1.62. The number of aromatic nitrogens is 2. The first kappa shape index (κ1) is 17.1. The van der Waals surface area contributed by atoms with E-state index in [2.05, 4.69) is 9.97 Å². The van der Waals surface area contributed by atoms with Crippen LogP contribution in [-0.4, -0.2) is 34.4 Å². The van der Waals surface area contributed by atoms with Crippen LogP contribution in [0.25, 0.3) is 11.4 Å². The molecule has 0 atom stereocenters. The molecule has 27 heavy (non-hydrogen) atoms. The Morgan fingerprint density at radius 1 is 1.11 bits per heavy atom. The molecule has 0 saturated carbocycles. The Morgan fingerprint density at radius 3 is 2.63 bits per heavy atom. The zero-order valence-corrected chi connectivity index (χ0v) is 14.9. The monoisotopic (exact) mass is 363 g/mol. The lowest BCUT2D eigenvalue weighted by Crippen LogP contribution is -2.37. The molecule has 1 aliphatic rings. The van der Waals surface area contributed by atoms with Gasteiger partial charge < -0.3 is 9.64 Å². The highest BCUT2D eigenvalue weighted by molar-refractivity contribution is 5.98. The normalized spacial score (nSPS) is 13.4. The van der Waals surface area contributed by atoms with E-state index in [1.807, 2.05) is 29.2 Å². The van der Waals surface area contributed by atoms with Crippen molar-refractivity contribution in [2.45, 2.75) is 13.0 Å². The fourth-order valence-corrected chi connectivity index (χ4v) is 3.32. The minimum atomic E-state index is -0.373. The maximum atomic E-state index is 13.6. The zero-order chi connectivity index (χ0) is 18.8. The molecule has 6 heteroatoms. The second-order valence-electron chi connectivity index (χ2n) is 6.37. The van der Waals surface area contributed by atoms with Gasteiger partial charge in [-0.25, -0.2) is 4.39 Å². The summed E-state index contributed by atoms with van der Waals surface area (Å²) in [6.07, 6.45) is 3.64. The van der Waals surface area contributed by atoms with Crippen molar-refractivity contribution in [3.63, 3.8) is 0 Å². The number of pyridine rings is 2. The Morgan fingerprint density at radius 2 is 1.89 bits per heavy atom. The molecule has 0 spiro atoms. The molecule has 5 nitrogen and oxygen atoms in total. The van der Waals surface area contributed by atoms with E-state index in [-0.39, 0.29) is 11.7 Å². The van der Waals surface area contributed by atoms with Crippen molar-refractivity contribution >= 4 is 5.91 Å². The van der Waals surface area contributed by atoms with Crippen molar-refractivity contribution in [3.05, 3.63) is 77.4 Å². The molecular weight excluding hydrogens is 345 g/mol. The number of rotatable bonds is 4. The molecule has 0 fully saturated rings. The van der Waals surface area contributed by atoms with Crippen LogP contribution in [0.1, 0.15) is 21.5 Å². The highest BCUT2D eigenvalue weighted by Crippen LogP contribution is 2.28. The van der Waals surface area contributed by atoms with Crippen molar-refractivity contribution in [2.75, 3.05) is 13.7 Å². The highest BCUT2D eigenvalue weighted by Gasteiger charge is 2.27. The maximum Gasteiger partial charge on any atom is 0.254 e. The Balaban J connectivity index is 1.62. The van der Waals surface area contributed by atoms with Crippen molar-refractivity contribution in [3.8, 4) is 17.1 Å². The number of amides is 1. The van der Waals surface area contributed by atoms with Crippen LogP contribution in [0, 0.1) is 5.82 Å². The van der Waals surface area contributed by atoms with Gasteiger partial charge in [-0.15, -0.1) is 0 Å². The fourth-order valence-electron chi connectivity index (χ4n) is 3.32. The Bertz CT molecular complexity index is 989. The summed E-state index contributed by atoms with van der Waals surface area (Å²) in [5.41, 5.74) is 3.48. The number of hydrogen-bond donors (Lipinski definition) is 0. The van der Waals surface area contributed by atoms with Gasteiger partial charge in [0.15, 0.2) is 0 Å². The Kier molecular flexibility index (Phi) is 4.54. The minimum Gasteiger partial charge on any atom is -0.497 e. The van der Waals surface area contributed by atoms with Gasteiger partial charge in [-0.05, 0) is 41.8 Å². The zero-order valence-electron chi connectivity index (χ0n) is 14.9. The number of carbonyl (C=O) groups excluding carboxylic acids is 1. The van der Waals surface area contributed by atoms with Gasteiger partial charge in [-0.1, -0.05) is 12.1 Å².